The van der Waals surface area contributed by atoms with E-state index in [1.807, 2.05) is 38.4 Å². The molecular weight excluding hydrogens is 382 g/mol. The number of halogens is 2. The van der Waals surface area contributed by atoms with Gasteiger partial charge < -0.3 is 5.11 Å². The molecule has 4 aromatic heterocycles. The lowest BCUT2D eigenvalue weighted by Gasteiger charge is -2.43. The maximum Gasteiger partial charge on any atom is 0.241 e. The van der Waals surface area contributed by atoms with E-state index >= 15 is 0 Å². The van der Waals surface area contributed by atoms with Crippen LogP contribution in [0.15, 0.2) is 30.6 Å². The molecule has 144 valence electrons. The van der Waals surface area contributed by atoms with Crippen molar-refractivity contribution >= 4 is 32.6 Å². The molecule has 0 unspecified atom stereocenters. The molecule has 1 aliphatic carbocycles. The predicted octanol–water partition coefficient (Wildman–Crippen LogP) is 4.42. The Bertz CT molecular complexity index is 1210. The van der Waals surface area contributed by atoms with Crippen LogP contribution in [0.1, 0.15) is 23.3 Å². The fourth-order valence-corrected chi connectivity index (χ4v) is 5.34. The molecule has 1 aliphatic rings. The molecule has 0 amide bonds. The van der Waals surface area contributed by atoms with Crippen molar-refractivity contribution in [2.24, 2.45) is 13.0 Å². The Balaban J connectivity index is 1.54. The van der Waals surface area contributed by atoms with Gasteiger partial charge in [-0.25, -0.2) is 18.7 Å². The molecule has 8 heteroatoms. The summed E-state index contributed by atoms with van der Waals surface area (Å²) in [6.07, 6.45) is 1.48. The van der Waals surface area contributed by atoms with Gasteiger partial charge in [-0.05, 0) is 43.5 Å². The number of hydrogen-bond donors (Lipinski definition) is 1. The van der Waals surface area contributed by atoms with Crippen molar-refractivity contribution in [3.8, 4) is 11.3 Å². The smallest absolute Gasteiger partial charge is 0.241 e. The molecule has 1 saturated carbocycles. The summed E-state index contributed by atoms with van der Waals surface area (Å²) in [4.78, 5) is 10.7. The van der Waals surface area contributed by atoms with E-state index in [0.717, 1.165) is 37.3 Å². The SMILES string of the molecule is Cc1c(C2(O)CC(C(F)F)C2)sc2nc(-c3cnc4nn(C)cc4c3)ccc12. The van der Waals surface area contributed by atoms with Gasteiger partial charge in [0.1, 0.15) is 10.4 Å². The van der Waals surface area contributed by atoms with Crippen molar-refractivity contribution in [1.29, 1.82) is 0 Å². The van der Waals surface area contributed by atoms with E-state index in [1.54, 1.807) is 10.9 Å². The van der Waals surface area contributed by atoms with Crippen LogP contribution in [-0.2, 0) is 12.6 Å². The molecule has 4 heterocycles. The van der Waals surface area contributed by atoms with Crippen LogP contribution >= 0.6 is 11.3 Å². The number of alkyl halides is 2. The zero-order chi connectivity index (χ0) is 19.6. The Kier molecular flexibility index (Phi) is 3.79. The molecule has 0 bridgehead atoms. The van der Waals surface area contributed by atoms with Crippen LogP contribution in [0.4, 0.5) is 8.78 Å². The first-order valence-electron chi connectivity index (χ1n) is 9.05. The van der Waals surface area contributed by atoms with Crippen LogP contribution < -0.4 is 0 Å². The van der Waals surface area contributed by atoms with E-state index in [1.165, 1.54) is 11.3 Å². The largest absolute Gasteiger partial charge is 0.384 e. The van der Waals surface area contributed by atoms with Crippen molar-refractivity contribution in [2.45, 2.75) is 31.8 Å². The Labute approximate surface area is 163 Å². The van der Waals surface area contributed by atoms with Gasteiger partial charge in [-0.2, -0.15) is 5.10 Å². The van der Waals surface area contributed by atoms with E-state index in [0.29, 0.717) is 5.65 Å². The molecule has 0 spiro atoms. The zero-order valence-corrected chi connectivity index (χ0v) is 16.2. The fraction of sp³-hybridized carbons (Fsp3) is 0.350. The molecule has 1 fully saturated rings. The fourth-order valence-electron chi connectivity index (χ4n) is 4.05. The minimum atomic E-state index is -2.38. The molecular formula is C20H18F2N4OS. The number of aryl methyl sites for hydroxylation is 2. The Morgan fingerprint density at radius 2 is 2.11 bits per heavy atom. The second-order valence-corrected chi connectivity index (χ2v) is 8.58. The van der Waals surface area contributed by atoms with Gasteiger partial charge in [0.25, 0.3) is 0 Å². The van der Waals surface area contributed by atoms with Crippen molar-refractivity contribution in [3.05, 3.63) is 41.0 Å². The van der Waals surface area contributed by atoms with E-state index < -0.39 is 17.9 Å². The standard InChI is InChI=1S/C20H18F2N4OS/c1-10-14-3-4-15(11-5-12-9-26(2)25-18(12)23-8-11)24-19(14)28-16(10)20(27)6-13(7-20)17(21)22/h3-5,8-9,13,17,27H,6-7H2,1-2H3. The first-order chi connectivity index (χ1) is 13.3. The monoisotopic (exact) mass is 400 g/mol. The summed E-state index contributed by atoms with van der Waals surface area (Å²) in [5, 5.41) is 17.0. The highest BCUT2D eigenvalue weighted by molar-refractivity contribution is 7.19. The van der Waals surface area contributed by atoms with Crippen LogP contribution in [0.5, 0.6) is 0 Å². The lowest BCUT2D eigenvalue weighted by Crippen LogP contribution is -2.43. The summed E-state index contributed by atoms with van der Waals surface area (Å²) in [7, 11) is 1.85. The van der Waals surface area contributed by atoms with Crippen molar-refractivity contribution < 1.29 is 13.9 Å². The van der Waals surface area contributed by atoms with E-state index in [4.69, 9.17) is 4.98 Å². The summed E-state index contributed by atoms with van der Waals surface area (Å²) in [6, 6.07) is 5.91. The number of nitrogens with zero attached hydrogens (tertiary/aromatic N) is 4. The van der Waals surface area contributed by atoms with Crippen LogP contribution in [0.2, 0.25) is 0 Å². The lowest BCUT2D eigenvalue weighted by atomic mass is 9.69. The molecule has 0 saturated heterocycles. The average molecular weight is 400 g/mol. The Hall–Kier alpha value is -2.45. The normalized spacial score (nSPS) is 22.3. The molecule has 0 aromatic carbocycles. The minimum absolute atomic E-state index is 0.104. The summed E-state index contributed by atoms with van der Waals surface area (Å²) in [5.74, 6) is -0.726. The number of aliphatic hydroxyl groups is 1. The van der Waals surface area contributed by atoms with Gasteiger partial charge in [0.15, 0.2) is 5.65 Å². The van der Waals surface area contributed by atoms with E-state index in [2.05, 4.69) is 10.1 Å². The summed E-state index contributed by atoms with van der Waals surface area (Å²) in [6.45, 7) is 1.92. The third kappa shape index (κ3) is 2.62. The van der Waals surface area contributed by atoms with E-state index in [-0.39, 0.29) is 12.8 Å². The second kappa shape index (κ2) is 6.02. The number of pyridine rings is 2. The van der Waals surface area contributed by atoms with E-state index in [9.17, 15) is 13.9 Å². The van der Waals surface area contributed by atoms with Crippen LogP contribution in [0.3, 0.4) is 0 Å². The number of thiophene rings is 1. The first-order valence-corrected chi connectivity index (χ1v) is 9.87. The van der Waals surface area contributed by atoms with Crippen molar-refractivity contribution in [2.75, 3.05) is 0 Å². The van der Waals surface area contributed by atoms with Gasteiger partial charge >= 0.3 is 0 Å². The third-order valence-electron chi connectivity index (χ3n) is 5.55. The number of hydrogen-bond acceptors (Lipinski definition) is 5. The molecule has 28 heavy (non-hydrogen) atoms. The Morgan fingerprint density at radius 3 is 2.86 bits per heavy atom. The molecule has 0 radical (unpaired) electrons. The quantitative estimate of drug-likeness (QED) is 0.553. The Morgan fingerprint density at radius 1 is 1.32 bits per heavy atom. The molecule has 1 N–H and O–H groups in total. The molecule has 0 atom stereocenters. The maximum atomic E-state index is 12.9. The summed E-state index contributed by atoms with van der Waals surface area (Å²) in [5.41, 5.74) is 2.12. The number of rotatable bonds is 3. The third-order valence-corrected chi connectivity index (χ3v) is 6.95. The average Bonchev–Trinajstić information content (AvgIpc) is 3.17. The van der Waals surface area contributed by atoms with Crippen molar-refractivity contribution in [3.63, 3.8) is 0 Å². The first kappa shape index (κ1) is 17.6. The maximum absolute atomic E-state index is 12.9. The number of aromatic nitrogens is 4. The highest BCUT2D eigenvalue weighted by Gasteiger charge is 2.49. The van der Waals surface area contributed by atoms with Gasteiger partial charge in [0, 0.05) is 46.6 Å². The molecule has 4 aromatic rings. The molecule has 5 nitrogen and oxygen atoms in total. The van der Waals surface area contributed by atoms with Gasteiger partial charge in [0.05, 0.1) is 5.69 Å². The predicted molar refractivity (Wildman–Crippen MR) is 104 cm³/mol. The van der Waals surface area contributed by atoms with Gasteiger partial charge in [-0.1, -0.05) is 0 Å². The lowest BCUT2D eigenvalue weighted by molar-refractivity contribution is -0.124. The van der Waals surface area contributed by atoms with Gasteiger partial charge in [0.2, 0.25) is 6.43 Å². The zero-order valence-electron chi connectivity index (χ0n) is 15.4. The summed E-state index contributed by atoms with van der Waals surface area (Å²) >= 11 is 1.39. The highest BCUT2D eigenvalue weighted by atomic mass is 32.1. The summed E-state index contributed by atoms with van der Waals surface area (Å²) < 4.78 is 27.5. The van der Waals surface area contributed by atoms with Crippen LogP contribution in [0.25, 0.3) is 32.5 Å². The van der Waals surface area contributed by atoms with Gasteiger partial charge in [-0.15, -0.1) is 11.3 Å². The molecule has 5 rings (SSSR count). The minimum Gasteiger partial charge on any atom is -0.384 e. The van der Waals surface area contributed by atoms with Crippen LogP contribution in [0, 0.1) is 12.8 Å². The topological polar surface area (TPSA) is 63.8 Å². The highest BCUT2D eigenvalue weighted by Crippen LogP contribution is 2.52. The van der Waals surface area contributed by atoms with Crippen molar-refractivity contribution in [1.82, 2.24) is 19.7 Å². The molecule has 0 aliphatic heterocycles. The second-order valence-electron chi connectivity index (χ2n) is 7.58. The number of fused-ring (bicyclic) bond motifs is 2. The van der Waals surface area contributed by atoms with Crippen LogP contribution in [-0.4, -0.2) is 31.3 Å². The van der Waals surface area contributed by atoms with Gasteiger partial charge in [-0.3, -0.25) is 4.68 Å².